The molecule has 13 heteroatoms. The molecule has 0 saturated heterocycles. The third-order valence-corrected chi connectivity index (χ3v) is 5.60. The van der Waals surface area contributed by atoms with Gasteiger partial charge in [0.2, 0.25) is 0 Å². The van der Waals surface area contributed by atoms with Crippen LogP contribution in [-0.4, -0.2) is 155 Å². The van der Waals surface area contributed by atoms with E-state index in [0.717, 1.165) is 17.9 Å². The highest BCUT2D eigenvalue weighted by atomic mass is 16.6. The standard InChI is InChI=1S/C29H53NO12/c1-2-3-4-8-33-10-12-35-14-16-37-18-20-39-22-24-41-26-27-42-25-23-40-21-19-38-17-15-36-13-11-34-9-7-30-28(31)5-6-29(30)32/h5-6H,2-4,7-27H2,1H3. The molecule has 1 heterocycles. The Balaban J connectivity index is 1.63. The quantitative estimate of drug-likeness (QED) is 0.0772. The third-order valence-electron chi connectivity index (χ3n) is 5.60. The lowest BCUT2D eigenvalue weighted by Crippen LogP contribution is -2.33. The second kappa shape index (κ2) is 30.9. The van der Waals surface area contributed by atoms with Crippen molar-refractivity contribution in [3.05, 3.63) is 12.2 Å². The molecular formula is C29H53NO12. The summed E-state index contributed by atoms with van der Waals surface area (Å²) >= 11 is 0. The van der Waals surface area contributed by atoms with E-state index in [1.165, 1.54) is 25.0 Å². The first kappa shape index (κ1) is 38.5. The van der Waals surface area contributed by atoms with Crippen molar-refractivity contribution in [3.8, 4) is 0 Å². The van der Waals surface area contributed by atoms with Crippen molar-refractivity contribution >= 4 is 11.8 Å². The predicted octanol–water partition coefficient (Wildman–Crippen LogP) is 1.27. The zero-order valence-corrected chi connectivity index (χ0v) is 25.5. The van der Waals surface area contributed by atoms with Crippen LogP contribution in [0.4, 0.5) is 0 Å². The summed E-state index contributed by atoms with van der Waals surface area (Å²) in [4.78, 5) is 23.9. The number of carbonyl (C=O) groups is 2. The summed E-state index contributed by atoms with van der Waals surface area (Å²) in [6.45, 7) is 12.6. The van der Waals surface area contributed by atoms with Gasteiger partial charge in [-0.25, -0.2) is 0 Å². The van der Waals surface area contributed by atoms with Gasteiger partial charge < -0.3 is 47.4 Å². The third kappa shape index (κ3) is 25.0. The Hall–Kier alpha value is -1.52. The van der Waals surface area contributed by atoms with E-state index in [2.05, 4.69) is 6.92 Å². The number of hydrogen-bond donors (Lipinski definition) is 0. The summed E-state index contributed by atoms with van der Waals surface area (Å²) in [5.74, 6) is -0.607. The molecule has 1 aliphatic rings. The topological polar surface area (TPSA) is 130 Å². The van der Waals surface area contributed by atoms with Crippen molar-refractivity contribution < 1.29 is 57.0 Å². The Bertz CT molecular complexity index is 634. The first-order valence-electron chi connectivity index (χ1n) is 15.1. The summed E-state index contributed by atoms with van der Waals surface area (Å²) in [5.41, 5.74) is 0. The van der Waals surface area contributed by atoms with Gasteiger partial charge in [0, 0.05) is 18.8 Å². The molecule has 13 nitrogen and oxygen atoms in total. The van der Waals surface area contributed by atoms with Crippen LogP contribution in [0.3, 0.4) is 0 Å². The molecule has 0 saturated carbocycles. The monoisotopic (exact) mass is 607 g/mol. The van der Waals surface area contributed by atoms with Crippen LogP contribution in [0, 0.1) is 0 Å². The van der Waals surface area contributed by atoms with Gasteiger partial charge in [-0.3, -0.25) is 14.5 Å². The Labute approximate surface area is 250 Å². The Morgan fingerprint density at radius 3 is 0.952 bits per heavy atom. The van der Waals surface area contributed by atoms with E-state index in [1.54, 1.807) is 0 Å². The summed E-state index contributed by atoms with van der Waals surface area (Å²) in [6.07, 6.45) is 6.04. The number of nitrogens with zero attached hydrogens (tertiary/aromatic N) is 1. The lowest BCUT2D eigenvalue weighted by Gasteiger charge is -2.13. The lowest BCUT2D eigenvalue weighted by molar-refractivity contribution is -0.137. The van der Waals surface area contributed by atoms with Crippen molar-refractivity contribution in [1.29, 1.82) is 0 Å². The minimum Gasteiger partial charge on any atom is -0.379 e. The fourth-order valence-corrected chi connectivity index (χ4v) is 3.34. The van der Waals surface area contributed by atoms with Gasteiger partial charge in [0.15, 0.2) is 0 Å². The molecule has 2 amide bonds. The number of ether oxygens (including phenoxy) is 10. The maximum atomic E-state index is 11.4. The highest BCUT2D eigenvalue weighted by Crippen LogP contribution is 2.02. The maximum Gasteiger partial charge on any atom is 0.253 e. The van der Waals surface area contributed by atoms with Crippen molar-refractivity contribution in [2.75, 3.05) is 139 Å². The molecule has 0 fully saturated rings. The second-order valence-electron chi connectivity index (χ2n) is 8.99. The van der Waals surface area contributed by atoms with Gasteiger partial charge in [-0.1, -0.05) is 19.8 Å². The van der Waals surface area contributed by atoms with Crippen LogP contribution in [0.25, 0.3) is 0 Å². The van der Waals surface area contributed by atoms with Crippen LogP contribution in [-0.2, 0) is 57.0 Å². The zero-order valence-electron chi connectivity index (χ0n) is 25.5. The van der Waals surface area contributed by atoms with Gasteiger partial charge >= 0.3 is 0 Å². The van der Waals surface area contributed by atoms with E-state index in [0.29, 0.717) is 119 Å². The average molecular weight is 608 g/mol. The van der Waals surface area contributed by atoms with Gasteiger partial charge in [-0.15, -0.1) is 0 Å². The molecular weight excluding hydrogens is 554 g/mol. The molecule has 0 unspecified atom stereocenters. The summed E-state index contributed by atoms with van der Waals surface area (Å²) in [7, 11) is 0. The highest BCUT2D eigenvalue weighted by Gasteiger charge is 2.22. The molecule has 1 rings (SSSR count). The van der Waals surface area contributed by atoms with Crippen molar-refractivity contribution in [2.45, 2.75) is 26.2 Å². The highest BCUT2D eigenvalue weighted by molar-refractivity contribution is 6.12. The van der Waals surface area contributed by atoms with Crippen LogP contribution in [0.15, 0.2) is 12.2 Å². The number of imide groups is 1. The number of amides is 2. The van der Waals surface area contributed by atoms with Crippen LogP contribution < -0.4 is 0 Å². The number of carbonyl (C=O) groups excluding carboxylic acids is 2. The fourth-order valence-electron chi connectivity index (χ4n) is 3.34. The summed E-state index contributed by atoms with van der Waals surface area (Å²) in [5, 5.41) is 0. The minimum absolute atomic E-state index is 0.243. The maximum absolute atomic E-state index is 11.4. The molecule has 0 aromatic rings. The number of hydrogen-bond acceptors (Lipinski definition) is 12. The van der Waals surface area contributed by atoms with Gasteiger partial charge in [0.1, 0.15) is 0 Å². The fraction of sp³-hybridized carbons (Fsp3) is 0.862. The predicted molar refractivity (Wildman–Crippen MR) is 154 cm³/mol. The smallest absolute Gasteiger partial charge is 0.253 e. The van der Waals surface area contributed by atoms with E-state index in [1.807, 2.05) is 0 Å². The Morgan fingerprint density at radius 1 is 0.405 bits per heavy atom. The van der Waals surface area contributed by atoms with Crippen molar-refractivity contribution in [3.63, 3.8) is 0 Å². The zero-order chi connectivity index (χ0) is 30.2. The molecule has 0 bridgehead atoms. The molecule has 0 radical (unpaired) electrons. The SMILES string of the molecule is CCCCCOCCOCCOCCOCCOCCOCCOCCOCCOCCOCCN1C(=O)C=CC1=O. The molecule has 42 heavy (non-hydrogen) atoms. The van der Waals surface area contributed by atoms with E-state index in [4.69, 9.17) is 47.4 Å². The molecule has 0 N–H and O–H groups in total. The largest absolute Gasteiger partial charge is 0.379 e. The van der Waals surface area contributed by atoms with Crippen molar-refractivity contribution in [1.82, 2.24) is 4.90 Å². The summed E-state index contributed by atoms with van der Waals surface area (Å²) < 4.78 is 54.4. The van der Waals surface area contributed by atoms with Crippen molar-refractivity contribution in [2.24, 2.45) is 0 Å². The van der Waals surface area contributed by atoms with E-state index in [-0.39, 0.29) is 25.0 Å². The summed E-state index contributed by atoms with van der Waals surface area (Å²) in [6, 6.07) is 0. The van der Waals surface area contributed by atoms with Crippen LogP contribution in [0.1, 0.15) is 26.2 Å². The second-order valence-corrected chi connectivity index (χ2v) is 8.99. The molecule has 1 aliphatic heterocycles. The normalized spacial score (nSPS) is 13.2. The minimum atomic E-state index is -0.304. The molecule has 246 valence electrons. The molecule has 0 spiro atoms. The molecule has 0 atom stereocenters. The van der Waals surface area contributed by atoms with E-state index >= 15 is 0 Å². The molecule has 0 aromatic heterocycles. The van der Waals surface area contributed by atoms with Gasteiger partial charge in [-0.2, -0.15) is 0 Å². The molecule has 0 aromatic carbocycles. The lowest BCUT2D eigenvalue weighted by atomic mass is 10.3. The Kier molecular flexibility index (Phi) is 28.3. The first-order valence-corrected chi connectivity index (χ1v) is 15.1. The average Bonchev–Trinajstić information content (AvgIpc) is 3.31. The Morgan fingerprint density at radius 2 is 0.667 bits per heavy atom. The molecule has 0 aliphatic carbocycles. The van der Waals surface area contributed by atoms with Gasteiger partial charge in [0.25, 0.3) is 11.8 Å². The van der Waals surface area contributed by atoms with Gasteiger partial charge in [-0.05, 0) is 6.42 Å². The van der Waals surface area contributed by atoms with Crippen LogP contribution in [0.5, 0.6) is 0 Å². The van der Waals surface area contributed by atoms with Crippen LogP contribution >= 0.6 is 0 Å². The first-order chi connectivity index (χ1) is 20.8. The van der Waals surface area contributed by atoms with E-state index < -0.39 is 0 Å². The number of unbranched alkanes of at least 4 members (excludes halogenated alkanes) is 2. The van der Waals surface area contributed by atoms with Gasteiger partial charge in [0.05, 0.1) is 132 Å². The number of rotatable bonds is 34. The van der Waals surface area contributed by atoms with E-state index in [9.17, 15) is 9.59 Å². The van der Waals surface area contributed by atoms with Crippen LogP contribution in [0.2, 0.25) is 0 Å².